The first-order valence-corrected chi connectivity index (χ1v) is 21.6. The maximum Gasteiger partial charge on any atom is 0.0540 e. The molecule has 0 N–H and O–H groups in total. The topological polar surface area (TPSA) is 3.24 Å². The van der Waals surface area contributed by atoms with Crippen molar-refractivity contribution in [2.24, 2.45) is 0 Å². The van der Waals surface area contributed by atoms with Gasteiger partial charge in [-0.3, -0.25) is 0 Å². The van der Waals surface area contributed by atoms with Gasteiger partial charge in [-0.05, 0) is 102 Å². The lowest BCUT2D eigenvalue weighted by Crippen LogP contribution is -2.15. The van der Waals surface area contributed by atoms with Gasteiger partial charge in [0.1, 0.15) is 0 Å². The molecule has 0 aliphatic heterocycles. The molecule has 0 atom stereocenters. The van der Waals surface area contributed by atoms with Crippen LogP contribution in [0.5, 0.6) is 0 Å². The van der Waals surface area contributed by atoms with Crippen LogP contribution in [0, 0.1) is 0 Å². The lowest BCUT2D eigenvalue weighted by molar-refractivity contribution is 0.660. The van der Waals surface area contributed by atoms with Gasteiger partial charge in [0, 0.05) is 22.2 Å². The lowest BCUT2D eigenvalue weighted by atomic mass is 9.82. The predicted octanol–water partition coefficient (Wildman–Crippen LogP) is 17.0. The van der Waals surface area contributed by atoms with Gasteiger partial charge in [-0.1, -0.05) is 226 Å². The molecule has 0 saturated carbocycles. The molecule has 1 aliphatic rings. The summed E-state index contributed by atoms with van der Waals surface area (Å²) in [5, 5.41) is 2.46. The van der Waals surface area contributed by atoms with E-state index >= 15 is 0 Å². The highest BCUT2D eigenvalue weighted by atomic mass is 15.1. The molecule has 0 fully saturated rings. The minimum atomic E-state index is -0.108. The number of fused-ring (bicyclic) bond motifs is 4. The van der Waals surface area contributed by atoms with E-state index in [2.05, 4.69) is 255 Å². The zero-order chi connectivity index (χ0) is 41.6. The van der Waals surface area contributed by atoms with Crippen LogP contribution in [-0.2, 0) is 5.41 Å². The minimum absolute atomic E-state index is 0.108. The SMILES string of the molecule is CC1(C)c2ccccc2-c2c(-c3ccccc3N(c3ccc(-c4ccc(-c5ccccc5)cc4)cc3)c3ccccc3-c3cccc4cccc(-c5ccccc5)c34)cccc21. The van der Waals surface area contributed by atoms with Crippen LogP contribution in [0.1, 0.15) is 25.0 Å². The van der Waals surface area contributed by atoms with Crippen molar-refractivity contribution in [3.8, 4) is 66.8 Å². The molecule has 62 heavy (non-hydrogen) atoms. The third kappa shape index (κ3) is 6.33. The van der Waals surface area contributed by atoms with Gasteiger partial charge >= 0.3 is 0 Å². The fourth-order valence-electron chi connectivity index (χ4n) is 9.89. The zero-order valence-electron chi connectivity index (χ0n) is 35.0. The Kier molecular flexibility index (Phi) is 9.24. The number of rotatable bonds is 8. The summed E-state index contributed by atoms with van der Waals surface area (Å²) >= 11 is 0. The van der Waals surface area contributed by atoms with E-state index in [4.69, 9.17) is 0 Å². The number of para-hydroxylation sites is 2. The molecule has 0 heterocycles. The molecule has 1 aliphatic carbocycles. The van der Waals surface area contributed by atoms with E-state index in [0.29, 0.717) is 0 Å². The van der Waals surface area contributed by atoms with Crippen molar-refractivity contribution in [2.75, 3.05) is 4.90 Å². The van der Waals surface area contributed by atoms with Crippen LogP contribution >= 0.6 is 0 Å². The Balaban J connectivity index is 1.12. The predicted molar refractivity (Wildman–Crippen MR) is 263 cm³/mol. The second-order valence-corrected chi connectivity index (χ2v) is 16.8. The molecule has 10 aromatic rings. The smallest absolute Gasteiger partial charge is 0.0540 e. The first kappa shape index (κ1) is 37.3. The first-order chi connectivity index (χ1) is 30.5. The van der Waals surface area contributed by atoms with Gasteiger partial charge in [-0.15, -0.1) is 0 Å². The van der Waals surface area contributed by atoms with Crippen molar-refractivity contribution in [1.29, 1.82) is 0 Å². The molecule has 0 radical (unpaired) electrons. The molecule has 294 valence electrons. The third-order valence-electron chi connectivity index (χ3n) is 12.9. The molecule has 0 amide bonds. The standard InChI is InChI=1S/C61H45N/c1-61(2)55-30-12-9-26-54(55)60-53(29-17-31-56(60)61)51-25-11-14-33-58(51)62(48-40-38-45(39-41-48)44-36-34-43(35-37-44)42-18-5-3-6-19-42)57-32-13-10-24-50(57)52-28-16-23-47-22-15-27-49(59(47)52)46-20-7-4-8-21-46/h3-41H,1-2H3. The van der Waals surface area contributed by atoms with E-state index < -0.39 is 0 Å². The molecule has 0 unspecified atom stereocenters. The van der Waals surface area contributed by atoms with Crippen molar-refractivity contribution in [1.82, 2.24) is 0 Å². The summed E-state index contributed by atoms with van der Waals surface area (Å²) in [5.41, 5.74) is 20.6. The van der Waals surface area contributed by atoms with E-state index in [9.17, 15) is 0 Å². The van der Waals surface area contributed by atoms with Crippen molar-refractivity contribution in [3.63, 3.8) is 0 Å². The van der Waals surface area contributed by atoms with Gasteiger partial charge in [0.2, 0.25) is 0 Å². The third-order valence-corrected chi connectivity index (χ3v) is 12.9. The minimum Gasteiger partial charge on any atom is -0.309 e. The molecule has 0 bridgehead atoms. The maximum atomic E-state index is 2.49. The average Bonchev–Trinajstić information content (AvgIpc) is 3.58. The molecule has 1 nitrogen and oxygen atoms in total. The molecule has 0 saturated heterocycles. The van der Waals surface area contributed by atoms with Crippen LogP contribution in [0.2, 0.25) is 0 Å². The fraction of sp³-hybridized carbons (Fsp3) is 0.0492. The lowest BCUT2D eigenvalue weighted by Gasteiger charge is -2.31. The zero-order valence-corrected chi connectivity index (χ0v) is 35.0. The Morgan fingerprint density at radius 3 is 1.34 bits per heavy atom. The Hall–Kier alpha value is -7.74. The Bertz CT molecular complexity index is 3230. The van der Waals surface area contributed by atoms with E-state index in [1.165, 1.54) is 88.7 Å². The van der Waals surface area contributed by atoms with Gasteiger partial charge in [0.25, 0.3) is 0 Å². The summed E-state index contributed by atoms with van der Waals surface area (Å²) in [4.78, 5) is 2.49. The highest BCUT2D eigenvalue weighted by Gasteiger charge is 2.37. The van der Waals surface area contributed by atoms with Crippen LogP contribution in [0.15, 0.2) is 237 Å². The van der Waals surface area contributed by atoms with Gasteiger partial charge in [0.15, 0.2) is 0 Å². The van der Waals surface area contributed by atoms with E-state index in [1.807, 2.05) is 0 Å². The normalized spacial score (nSPS) is 12.5. The van der Waals surface area contributed by atoms with Crippen molar-refractivity contribution in [3.05, 3.63) is 248 Å². The molecular weight excluding hydrogens is 747 g/mol. The summed E-state index contributed by atoms with van der Waals surface area (Å²) < 4.78 is 0. The second kappa shape index (κ2) is 15.4. The average molecular weight is 792 g/mol. The van der Waals surface area contributed by atoms with Crippen LogP contribution in [0.4, 0.5) is 17.1 Å². The molecule has 0 aromatic heterocycles. The number of anilines is 3. The largest absolute Gasteiger partial charge is 0.309 e. The Morgan fingerprint density at radius 2 is 0.710 bits per heavy atom. The van der Waals surface area contributed by atoms with Gasteiger partial charge in [0.05, 0.1) is 11.4 Å². The van der Waals surface area contributed by atoms with Crippen LogP contribution < -0.4 is 4.90 Å². The van der Waals surface area contributed by atoms with E-state index in [1.54, 1.807) is 0 Å². The Labute approximate surface area is 364 Å². The second-order valence-electron chi connectivity index (χ2n) is 16.8. The molecule has 1 heteroatoms. The molecule has 0 spiro atoms. The summed E-state index contributed by atoms with van der Waals surface area (Å²) in [6.07, 6.45) is 0. The van der Waals surface area contributed by atoms with E-state index in [-0.39, 0.29) is 5.41 Å². The highest BCUT2D eigenvalue weighted by Crippen LogP contribution is 2.54. The van der Waals surface area contributed by atoms with Crippen LogP contribution in [0.25, 0.3) is 77.5 Å². The number of nitrogens with zero attached hydrogens (tertiary/aromatic N) is 1. The molecule has 10 aromatic carbocycles. The van der Waals surface area contributed by atoms with E-state index in [0.717, 1.165) is 17.1 Å². The Morgan fingerprint density at radius 1 is 0.290 bits per heavy atom. The number of hydrogen-bond acceptors (Lipinski definition) is 1. The van der Waals surface area contributed by atoms with Gasteiger partial charge in [-0.25, -0.2) is 0 Å². The van der Waals surface area contributed by atoms with Crippen molar-refractivity contribution >= 4 is 27.8 Å². The van der Waals surface area contributed by atoms with Crippen LogP contribution in [-0.4, -0.2) is 0 Å². The van der Waals surface area contributed by atoms with Crippen molar-refractivity contribution < 1.29 is 0 Å². The molecule has 11 rings (SSSR count). The van der Waals surface area contributed by atoms with Crippen molar-refractivity contribution in [2.45, 2.75) is 19.3 Å². The number of benzene rings is 10. The summed E-state index contributed by atoms with van der Waals surface area (Å²) in [6, 6.07) is 86.6. The number of hydrogen-bond donors (Lipinski definition) is 0. The quantitative estimate of drug-likeness (QED) is 0.148. The van der Waals surface area contributed by atoms with Gasteiger partial charge < -0.3 is 4.90 Å². The monoisotopic (exact) mass is 791 g/mol. The summed E-state index contributed by atoms with van der Waals surface area (Å²) in [5.74, 6) is 0. The van der Waals surface area contributed by atoms with Crippen LogP contribution in [0.3, 0.4) is 0 Å². The first-order valence-electron chi connectivity index (χ1n) is 21.6. The maximum absolute atomic E-state index is 2.49. The fourth-order valence-corrected chi connectivity index (χ4v) is 9.89. The summed E-state index contributed by atoms with van der Waals surface area (Å²) in [7, 11) is 0. The van der Waals surface area contributed by atoms with Gasteiger partial charge in [-0.2, -0.15) is 0 Å². The highest BCUT2D eigenvalue weighted by molar-refractivity contribution is 6.09. The summed E-state index contributed by atoms with van der Waals surface area (Å²) in [6.45, 7) is 4.72. The molecular formula is C61H45N.